The molecular weight excluding hydrogens is 454 g/mol. The Morgan fingerprint density at radius 1 is 1.00 bits per heavy atom. The summed E-state index contributed by atoms with van der Waals surface area (Å²) in [5.74, 6) is -1.12. The lowest BCUT2D eigenvalue weighted by molar-refractivity contribution is -0.149. The molecule has 5 rings (SSSR count). The van der Waals surface area contributed by atoms with Gasteiger partial charge in [0.25, 0.3) is 0 Å². The fourth-order valence-corrected chi connectivity index (χ4v) is 4.31. The minimum atomic E-state index is -1.34. The summed E-state index contributed by atoms with van der Waals surface area (Å²) in [6.07, 6.45) is 0. The van der Waals surface area contributed by atoms with Gasteiger partial charge in [0.2, 0.25) is 6.79 Å². The molecule has 1 unspecified atom stereocenters. The number of carbonyl (C=O) groups excluding carboxylic acids is 3. The van der Waals surface area contributed by atoms with E-state index in [1.165, 1.54) is 19.1 Å². The first-order chi connectivity index (χ1) is 16.8. The van der Waals surface area contributed by atoms with E-state index in [1.807, 2.05) is 25.1 Å². The fraction of sp³-hybridized carbons (Fsp3) is 0.160. The number of hydrogen-bond donors (Lipinski definition) is 0. The summed E-state index contributed by atoms with van der Waals surface area (Å²) in [5, 5.41) is 3.64. The van der Waals surface area contributed by atoms with Gasteiger partial charge in [-0.15, -0.1) is 0 Å². The van der Waals surface area contributed by atoms with Crippen LogP contribution in [0.4, 0.5) is 5.69 Å². The van der Waals surface area contributed by atoms with Crippen molar-refractivity contribution in [2.24, 2.45) is 5.11 Å². The van der Waals surface area contributed by atoms with Gasteiger partial charge in [0.15, 0.2) is 5.60 Å². The third-order valence-electron chi connectivity index (χ3n) is 5.79. The van der Waals surface area contributed by atoms with E-state index in [0.29, 0.717) is 33.9 Å². The maximum absolute atomic E-state index is 13.1. The molecule has 10 nitrogen and oxygen atoms in total. The highest BCUT2D eigenvalue weighted by Crippen LogP contribution is 2.56. The lowest BCUT2D eigenvalue weighted by Crippen LogP contribution is -2.33. The predicted octanol–water partition coefficient (Wildman–Crippen LogP) is 5.18. The Hall–Kier alpha value is -4.82. The molecule has 10 heteroatoms. The van der Waals surface area contributed by atoms with Crippen molar-refractivity contribution in [3.63, 3.8) is 0 Å². The Labute approximate surface area is 198 Å². The van der Waals surface area contributed by atoms with Gasteiger partial charge in [-0.2, -0.15) is 0 Å². The van der Waals surface area contributed by atoms with Crippen LogP contribution in [0, 0.1) is 6.92 Å². The van der Waals surface area contributed by atoms with E-state index in [1.54, 1.807) is 24.3 Å². The van der Waals surface area contributed by atoms with E-state index in [0.717, 1.165) is 5.56 Å². The molecule has 0 fully saturated rings. The highest BCUT2D eigenvalue weighted by Gasteiger charge is 2.53. The molecule has 3 aromatic carbocycles. The Morgan fingerprint density at radius 3 is 2.46 bits per heavy atom. The van der Waals surface area contributed by atoms with Crippen LogP contribution >= 0.6 is 0 Å². The van der Waals surface area contributed by atoms with E-state index in [-0.39, 0.29) is 11.1 Å². The number of azide groups is 1. The van der Waals surface area contributed by atoms with Crippen LogP contribution in [-0.4, -0.2) is 24.7 Å². The van der Waals surface area contributed by atoms with Crippen LogP contribution in [-0.2, 0) is 24.6 Å². The van der Waals surface area contributed by atoms with E-state index in [2.05, 4.69) is 14.8 Å². The third-order valence-corrected chi connectivity index (χ3v) is 5.79. The highest BCUT2D eigenvalue weighted by molar-refractivity contribution is 6.00. The van der Waals surface area contributed by atoms with Crippen molar-refractivity contribution < 1.29 is 33.3 Å². The predicted molar refractivity (Wildman–Crippen MR) is 120 cm³/mol. The average Bonchev–Trinajstić information content (AvgIpc) is 3.11. The summed E-state index contributed by atoms with van der Waals surface area (Å²) in [4.78, 5) is 39.3. The first-order valence-electron chi connectivity index (χ1n) is 10.5. The molecular formula is C25H17N3O7. The SMILES string of the molecule is CC(=O)OCOC(=O)c1ccc2c(c1)C(=O)OC21c2ccc(C)cc2Oc2cc(N=[N+]=[N-])ccc21. The summed E-state index contributed by atoms with van der Waals surface area (Å²) in [5.41, 5.74) is 10.7. The van der Waals surface area contributed by atoms with Crippen LogP contribution in [0.25, 0.3) is 10.4 Å². The van der Waals surface area contributed by atoms with Gasteiger partial charge >= 0.3 is 17.9 Å². The smallest absolute Gasteiger partial charge is 0.341 e. The molecule has 1 atom stereocenters. The standard InChI is InChI=1S/C25H17N3O7/c1-13-3-6-19-21(9-13)34-22-11-16(27-28-26)5-8-20(22)25(19)18-7-4-15(10-17(18)24(31)35-25)23(30)33-12-32-14(2)29/h3-11H,12H2,1-2H3. The molecule has 0 N–H and O–H groups in total. The molecule has 0 amide bonds. The lowest BCUT2D eigenvalue weighted by Gasteiger charge is -2.36. The van der Waals surface area contributed by atoms with Gasteiger partial charge in [-0.1, -0.05) is 35.4 Å². The minimum absolute atomic E-state index is 0.0972. The zero-order chi connectivity index (χ0) is 24.7. The van der Waals surface area contributed by atoms with E-state index >= 15 is 0 Å². The number of ether oxygens (including phenoxy) is 4. The van der Waals surface area contributed by atoms with Crippen molar-refractivity contribution in [2.45, 2.75) is 19.4 Å². The number of benzene rings is 3. The van der Waals surface area contributed by atoms with Crippen molar-refractivity contribution in [3.05, 3.63) is 98.4 Å². The van der Waals surface area contributed by atoms with Crippen LogP contribution in [0.5, 0.6) is 11.5 Å². The van der Waals surface area contributed by atoms with Crippen LogP contribution in [0.1, 0.15) is 49.9 Å². The second-order valence-corrected chi connectivity index (χ2v) is 7.99. The molecule has 174 valence electrons. The quantitative estimate of drug-likeness (QED) is 0.168. The summed E-state index contributed by atoms with van der Waals surface area (Å²) < 4.78 is 21.7. The Balaban J connectivity index is 1.65. The molecule has 3 aromatic rings. The third kappa shape index (κ3) is 3.53. The number of fused-ring (bicyclic) bond motifs is 6. The van der Waals surface area contributed by atoms with Gasteiger partial charge in [-0.3, -0.25) is 4.79 Å². The molecule has 35 heavy (non-hydrogen) atoms. The summed E-state index contributed by atoms with van der Waals surface area (Å²) in [7, 11) is 0. The van der Waals surface area contributed by atoms with Gasteiger partial charge in [0.05, 0.1) is 11.1 Å². The Bertz CT molecular complexity index is 1480. The summed E-state index contributed by atoms with van der Waals surface area (Å²) in [6, 6.07) is 14.9. The maximum atomic E-state index is 13.1. The largest absolute Gasteiger partial charge is 0.456 e. The number of hydrogen-bond acceptors (Lipinski definition) is 8. The molecule has 0 saturated carbocycles. The zero-order valence-corrected chi connectivity index (χ0v) is 18.6. The van der Waals surface area contributed by atoms with Gasteiger partial charge in [0.1, 0.15) is 11.5 Å². The van der Waals surface area contributed by atoms with Gasteiger partial charge in [-0.25, -0.2) is 9.59 Å². The van der Waals surface area contributed by atoms with Crippen molar-refractivity contribution in [3.8, 4) is 11.5 Å². The lowest BCUT2D eigenvalue weighted by atomic mass is 9.77. The number of aryl methyl sites for hydroxylation is 1. The summed E-state index contributed by atoms with van der Waals surface area (Å²) in [6.45, 7) is 2.56. The first kappa shape index (κ1) is 22.0. The van der Waals surface area contributed by atoms with Crippen LogP contribution in [0.15, 0.2) is 59.7 Å². The maximum Gasteiger partial charge on any atom is 0.341 e. The van der Waals surface area contributed by atoms with Gasteiger partial charge < -0.3 is 18.9 Å². The molecule has 0 radical (unpaired) electrons. The zero-order valence-electron chi connectivity index (χ0n) is 18.6. The van der Waals surface area contributed by atoms with Crippen LogP contribution in [0.3, 0.4) is 0 Å². The molecule has 2 aliphatic rings. The van der Waals surface area contributed by atoms with E-state index < -0.39 is 30.3 Å². The van der Waals surface area contributed by atoms with Crippen molar-refractivity contribution in [2.75, 3.05) is 6.79 Å². The highest BCUT2D eigenvalue weighted by atomic mass is 16.7. The molecule has 2 aliphatic heterocycles. The van der Waals surface area contributed by atoms with Crippen molar-refractivity contribution in [1.29, 1.82) is 0 Å². The fourth-order valence-electron chi connectivity index (χ4n) is 4.31. The minimum Gasteiger partial charge on any atom is -0.456 e. The van der Waals surface area contributed by atoms with Crippen LogP contribution in [0.2, 0.25) is 0 Å². The number of esters is 3. The van der Waals surface area contributed by atoms with E-state index in [9.17, 15) is 14.4 Å². The first-order valence-corrected chi connectivity index (χ1v) is 10.5. The molecule has 2 heterocycles. The molecule has 0 aliphatic carbocycles. The van der Waals surface area contributed by atoms with E-state index in [4.69, 9.17) is 19.7 Å². The number of carbonyl (C=O) groups is 3. The summed E-state index contributed by atoms with van der Waals surface area (Å²) >= 11 is 0. The second kappa shape index (κ2) is 8.19. The molecule has 0 saturated heterocycles. The Morgan fingerprint density at radius 2 is 1.71 bits per heavy atom. The van der Waals surface area contributed by atoms with Crippen molar-refractivity contribution >= 4 is 23.6 Å². The topological polar surface area (TPSA) is 137 Å². The van der Waals surface area contributed by atoms with Crippen molar-refractivity contribution in [1.82, 2.24) is 0 Å². The second-order valence-electron chi connectivity index (χ2n) is 7.99. The number of rotatable bonds is 4. The molecule has 0 bridgehead atoms. The Kier molecular flexibility index (Phi) is 5.15. The van der Waals surface area contributed by atoms with Gasteiger partial charge in [0, 0.05) is 34.2 Å². The van der Waals surface area contributed by atoms with Crippen LogP contribution < -0.4 is 4.74 Å². The van der Waals surface area contributed by atoms with Gasteiger partial charge in [-0.05, 0) is 42.3 Å². The average molecular weight is 471 g/mol. The monoisotopic (exact) mass is 471 g/mol. The molecule has 1 spiro atoms. The number of nitrogens with zero attached hydrogens (tertiary/aromatic N) is 3. The molecule has 0 aromatic heterocycles. The normalized spacial score (nSPS) is 16.7.